The van der Waals surface area contributed by atoms with Crippen molar-refractivity contribution in [2.24, 2.45) is 4.99 Å². The summed E-state index contributed by atoms with van der Waals surface area (Å²) in [6.45, 7) is 6.87. The molecule has 4 rings (SSSR count). The summed E-state index contributed by atoms with van der Waals surface area (Å²) < 4.78 is 30.3. The van der Waals surface area contributed by atoms with Gasteiger partial charge in [0, 0.05) is 19.2 Å². The molecule has 3 aromatic carbocycles. The van der Waals surface area contributed by atoms with Gasteiger partial charge in [-0.3, -0.25) is 9.10 Å². The number of carbonyl (C=O) groups excluding carboxylic acids is 1. The van der Waals surface area contributed by atoms with E-state index in [2.05, 4.69) is 31.0 Å². The Labute approximate surface area is 197 Å². The van der Waals surface area contributed by atoms with E-state index in [1.807, 2.05) is 17.6 Å². The van der Waals surface area contributed by atoms with Crippen molar-refractivity contribution in [3.63, 3.8) is 0 Å². The molecule has 6 nitrogen and oxygen atoms in total. The number of para-hydroxylation sites is 1. The molecule has 1 heterocycles. The highest BCUT2D eigenvalue weighted by molar-refractivity contribution is 7.92. The van der Waals surface area contributed by atoms with Gasteiger partial charge in [0.1, 0.15) is 0 Å². The van der Waals surface area contributed by atoms with E-state index >= 15 is 0 Å². The average molecular weight is 480 g/mol. The summed E-state index contributed by atoms with van der Waals surface area (Å²) in [5.74, 6) is -0.404. The molecule has 8 heteroatoms. The molecule has 1 aromatic heterocycles. The summed E-state index contributed by atoms with van der Waals surface area (Å²) in [7, 11) is -2.23. The standard InChI is InChI=1S/C25H25N3O3S2/c1-5-28-23-18(3)17(2)11-16-22(23)32-25(28)26-24(29)19-12-14-21(15-13-19)33(30,31)27(4)20-9-7-6-8-10-20/h6-16H,5H2,1-4H3. The molecular formula is C25H25N3O3S2. The fourth-order valence-electron chi connectivity index (χ4n) is 3.68. The van der Waals surface area contributed by atoms with Crippen LogP contribution in [0.2, 0.25) is 0 Å². The second-order valence-corrected chi connectivity index (χ2v) is 10.7. The van der Waals surface area contributed by atoms with Gasteiger partial charge in [0.15, 0.2) is 4.80 Å². The van der Waals surface area contributed by atoms with Crippen LogP contribution in [0.3, 0.4) is 0 Å². The van der Waals surface area contributed by atoms with E-state index < -0.39 is 15.9 Å². The highest BCUT2D eigenvalue weighted by atomic mass is 32.2. The molecule has 0 saturated carbocycles. The third-order valence-corrected chi connectivity index (χ3v) is 8.60. The molecule has 0 saturated heterocycles. The highest BCUT2D eigenvalue weighted by Crippen LogP contribution is 2.24. The van der Waals surface area contributed by atoms with Crippen molar-refractivity contribution in [3.05, 3.63) is 88.2 Å². The number of aromatic nitrogens is 1. The van der Waals surface area contributed by atoms with Gasteiger partial charge in [-0.05, 0) is 74.4 Å². The molecule has 0 aliphatic rings. The zero-order valence-corrected chi connectivity index (χ0v) is 20.6. The van der Waals surface area contributed by atoms with Gasteiger partial charge in [-0.2, -0.15) is 4.99 Å². The van der Waals surface area contributed by atoms with Crippen LogP contribution in [-0.4, -0.2) is 25.9 Å². The number of thiazole rings is 1. The Hall–Kier alpha value is -3.23. The van der Waals surface area contributed by atoms with Gasteiger partial charge in [-0.1, -0.05) is 35.6 Å². The molecule has 170 valence electrons. The summed E-state index contributed by atoms with van der Waals surface area (Å²) in [6.07, 6.45) is 0. The van der Waals surface area contributed by atoms with Gasteiger partial charge in [-0.25, -0.2) is 8.42 Å². The van der Waals surface area contributed by atoms with Gasteiger partial charge in [0.25, 0.3) is 15.9 Å². The van der Waals surface area contributed by atoms with Crippen LogP contribution in [-0.2, 0) is 16.6 Å². The Balaban J connectivity index is 1.67. The van der Waals surface area contributed by atoms with Crippen LogP contribution < -0.4 is 9.11 Å². The molecule has 0 radical (unpaired) electrons. The fraction of sp³-hybridized carbons (Fsp3) is 0.200. The Morgan fingerprint density at radius 1 is 1.00 bits per heavy atom. The molecule has 1 amide bonds. The van der Waals surface area contributed by atoms with Gasteiger partial charge < -0.3 is 4.57 Å². The van der Waals surface area contributed by atoms with Crippen molar-refractivity contribution in [2.45, 2.75) is 32.2 Å². The SMILES string of the molecule is CCn1c(=NC(=O)c2ccc(S(=O)(=O)N(C)c3ccccc3)cc2)sc2ccc(C)c(C)c21. The zero-order valence-electron chi connectivity index (χ0n) is 18.9. The molecule has 0 bridgehead atoms. The maximum absolute atomic E-state index is 13.0. The quantitative estimate of drug-likeness (QED) is 0.408. The first kappa shape index (κ1) is 22.9. The van der Waals surface area contributed by atoms with Crippen molar-refractivity contribution >= 4 is 43.2 Å². The predicted octanol–water partition coefficient (Wildman–Crippen LogP) is 4.91. The minimum absolute atomic E-state index is 0.113. The van der Waals surface area contributed by atoms with Crippen LogP contribution >= 0.6 is 11.3 Å². The number of nitrogens with zero attached hydrogens (tertiary/aromatic N) is 3. The van der Waals surface area contributed by atoms with Crippen LogP contribution in [0.5, 0.6) is 0 Å². The molecule has 0 aliphatic heterocycles. The summed E-state index contributed by atoms with van der Waals surface area (Å²) >= 11 is 1.48. The third kappa shape index (κ3) is 4.24. The number of fused-ring (bicyclic) bond motifs is 1. The number of amides is 1. The molecule has 0 aliphatic carbocycles. The number of sulfonamides is 1. The van der Waals surface area contributed by atoms with Crippen molar-refractivity contribution < 1.29 is 13.2 Å². The van der Waals surface area contributed by atoms with E-state index in [0.717, 1.165) is 10.2 Å². The number of aryl methyl sites for hydroxylation is 3. The van der Waals surface area contributed by atoms with E-state index in [4.69, 9.17) is 0 Å². The van der Waals surface area contributed by atoms with E-state index in [1.54, 1.807) is 24.3 Å². The highest BCUT2D eigenvalue weighted by Gasteiger charge is 2.21. The van der Waals surface area contributed by atoms with Crippen LogP contribution in [0.15, 0.2) is 76.6 Å². The Morgan fingerprint density at radius 2 is 1.67 bits per heavy atom. The second kappa shape index (κ2) is 8.96. The first-order valence-corrected chi connectivity index (χ1v) is 12.8. The van der Waals surface area contributed by atoms with Gasteiger partial charge >= 0.3 is 0 Å². The van der Waals surface area contributed by atoms with Crippen LogP contribution in [0, 0.1) is 13.8 Å². The maximum atomic E-state index is 13.0. The van der Waals surface area contributed by atoms with Crippen molar-refractivity contribution in [3.8, 4) is 0 Å². The molecule has 0 atom stereocenters. The van der Waals surface area contributed by atoms with E-state index in [-0.39, 0.29) is 4.90 Å². The number of carbonyl (C=O) groups is 1. The van der Waals surface area contributed by atoms with Crippen LogP contribution in [0.4, 0.5) is 5.69 Å². The lowest BCUT2D eigenvalue weighted by Crippen LogP contribution is -2.26. The first-order chi connectivity index (χ1) is 15.7. The number of hydrogen-bond donors (Lipinski definition) is 0. The summed E-state index contributed by atoms with van der Waals surface area (Å²) in [5.41, 5.74) is 4.37. The number of hydrogen-bond acceptors (Lipinski definition) is 4. The molecule has 0 spiro atoms. The van der Waals surface area contributed by atoms with E-state index in [0.29, 0.717) is 22.6 Å². The van der Waals surface area contributed by atoms with Gasteiger partial charge in [-0.15, -0.1) is 0 Å². The maximum Gasteiger partial charge on any atom is 0.279 e. The molecular weight excluding hydrogens is 454 g/mol. The van der Waals surface area contributed by atoms with Crippen molar-refractivity contribution in [1.82, 2.24) is 4.57 Å². The lowest BCUT2D eigenvalue weighted by atomic mass is 10.1. The first-order valence-electron chi connectivity index (χ1n) is 10.6. The molecule has 0 unspecified atom stereocenters. The van der Waals surface area contributed by atoms with Gasteiger partial charge in [0.05, 0.1) is 20.8 Å². The monoisotopic (exact) mass is 479 g/mol. The van der Waals surface area contributed by atoms with Crippen LogP contribution in [0.25, 0.3) is 10.2 Å². The third-order valence-electron chi connectivity index (χ3n) is 5.76. The smallest absolute Gasteiger partial charge is 0.279 e. The topological polar surface area (TPSA) is 71.7 Å². The van der Waals surface area contributed by atoms with Crippen molar-refractivity contribution in [2.75, 3.05) is 11.4 Å². The fourth-order valence-corrected chi connectivity index (χ4v) is 6.02. The Bertz CT molecular complexity index is 1500. The number of rotatable bonds is 5. The number of anilines is 1. The molecule has 33 heavy (non-hydrogen) atoms. The average Bonchev–Trinajstić information content (AvgIpc) is 3.19. The predicted molar refractivity (Wildman–Crippen MR) is 133 cm³/mol. The zero-order chi connectivity index (χ0) is 23.8. The summed E-state index contributed by atoms with van der Waals surface area (Å²) in [4.78, 5) is 18.0. The van der Waals surface area contributed by atoms with Crippen molar-refractivity contribution in [1.29, 1.82) is 0 Å². The molecule has 0 N–H and O–H groups in total. The molecule has 0 fully saturated rings. The number of benzene rings is 3. The largest absolute Gasteiger partial charge is 0.316 e. The Morgan fingerprint density at radius 3 is 2.30 bits per heavy atom. The lowest BCUT2D eigenvalue weighted by molar-refractivity contribution is 0.0997. The summed E-state index contributed by atoms with van der Waals surface area (Å²) in [6, 6.07) is 18.9. The Kier molecular flexibility index (Phi) is 6.23. The minimum Gasteiger partial charge on any atom is -0.316 e. The molecule has 4 aromatic rings. The van der Waals surface area contributed by atoms with Crippen LogP contribution in [0.1, 0.15) is 28.4 Å². The minimum atomic E-state index is -3.74. The van der Waals surface area contributed by atoms with E-state index in [9.17, 15) is 13.2 Å². The normalized spacial score (nSPS) is 12.3. The second-order valence-electron chi connectivity index (χ2n) is 7.73. The van der Waals surface area contributed by atoms with E-state index in [1.165, 1.54) is 58.1 Å². The lowest BCUT2D eigenvalue weighted by Gasteiger charge is -2.19. The van der Waals surface area contributed by atoms with Gasteiger partial charge in [0.2, 0.25) is 0 Å². The summed E-state index contributed by atoms with van der Waals surface area (Å²) in [5, 5.41) is 0.